The summed E-state index contributed by atoms with van der Waals surface area (Å²) in [5.74, 6) is -2.02. The minimum atomic E-state index is -2.54. The van der Waals surface area contributed by atoms with Crippen molar-refractivity contribution in [3.63, 3.8) is 0 Å². The molecule has 1 aliphatic carbocycles. The molecule has 2 aliphatic rings. The van der Waals surface area contributed by atoms with Crippen LogP contribution in [-0.2, 0) is 22.6 Å². The van der Waals surface area contributed by atoms with Crippen LogP contribution < -0.4 is 15.5 Å². The van der Waals surface area contributed by atoms with Gasteiger partial charge in [-0.3, -0.25) is 9.48 Å². The molecule has 1 saturated carbocycles. The van der Waals surface area contributed by atoms with Crippen molar-refractivity contribution in [1.82, 2.24) is 14.8 Å². The predicted octanol–water partition coefficient (Wildman–Crippen LogP) is 3.43. The Hall–Kier alpha value is -2.75. The smallest absolute Gasteiger partial charge is 0.249 e. The van der Waals surface area contributed by atoms with Gasteiger partial charge in [-0.05, 0) is 26.2 Å². The molecule has 0 aromatic carbocycles. The van der Waals surface area contributed by atoms with Crippen LogP contribution in [0.3, 0.4) is 0 Å². The number of carbonyl (C=O) groups is 1. The minimum absolute atomic E-state index is 0.0321. The Balaban J connectivity index is 1.43. The van der Waals surface area contributed by atoms with Gasteiger partial charge in [-0.2, -0.15) is 5.10 Å². The van der Waals surface area contributed by atoms with E-state index in [0.29, 0.717) is 36.7 Å². The molecule has 3 heterocycles. The average molecular weight is 449 g/mol. The van der Waals surface area contributed by atoms with E-state index in [4.69, 9.17) is 4.74 Å². The SMILES string of the molecule is CO[C@H](C)[C@H]1C(=O)Nc2c(cc(NCc3cnn(C[C@@H]4CCC(F)(F)C4)c3)nc2C)N1C. The second kappa shape index (κ2) is 8.65. The van der Waals surface area contributed by atoms with Crippen molar-refractivity contribution in [3.05, 3.63) is 29.7 Å². The molecule has 0 bridgehead atoms. The summed E-state index contributed by atoms with van der Waals surface area (Å²) < 4.78 is 34.0. The number of ether oxygens (including phenoxy) is 1. The number of alkyl halides is 2. The highest BCUT2D eigenvalue weighted by Gasteiger charge is 2.39. The number of nitrogens with one attached hydrogen (secondary N) is 2. The summed E-state index contributed by atoms with van der Waals surface area (Å²) in [6.07, 6.45) is 3.79. The van der Waals surface area contributed by atoms with Crippen LogP contribution >= 0.6 is 0 Å². The number of likely N-dealkylation sites (N-methyl/N-ethyl adjacent to an activating group) is 1. The van der Waals surface area contributed by atoms with Crippen LogP contribution in [0, 0.1) is 12.8 Å². The number of fused-ring (bicyclic) bond motifs is 1. The van der Waals surface area contributed by atoms with E-state index in [2.05, 4.69) is 20.7 Å². The molecule has 1 aliphatic heterocycles. The van der Waals surface area contributed by atoms with E-state index in [1.54, 1.807) is 18.0 Å². The van der Waals surface area contributed by atoms with Crippen molar-refractivity contribution in [2.45, 2.75) is 64.3 Å². The highest BCUT2D eigenvalue weighted by molar-refractivity contribution is 6.04. The first-order valence-corrected chi connectivity index (χ1v) is 10.9. The van der Waals surface area contributed by atoms with Crippen molar-refractivity contribution in [3.8, 4) is 0 Å². The van der Waals surface area contributed by atoms with Crippen LogP contribution in [0.15, 0.2) is 18.5 Å². The van der Waals surface area contributed by atoms with Crippen molar-refractivity contribution in [1.29, 1.82) is 0 Å². The minimum Gasteiger partial charge on any atom is -0.379 e. The van der Waals surface area contributed by atoms with E-state index in [1.165, 1.54) is 0 Å². The van der Waals surface area contributed by atoms with Gasteiger partial charge in [0.05, 0.1) is 29.4 Å². The number of pyridine rings is 1. The lowest BCUT2D eigenvalue weighted by Crippen LogP contribution is -2.52. The molecule has 0 spiro atoms. The molecular formula is C22H30F2N6O2. The van der Waals surface area contributed by atoms with E-state index in [1.807, 2.05) is 38.1 Å². The number of hydrogen-bond acceptors (Lipinski definition) is 6. The molecule has 2 N–H and O–H groups in total. The summed E-state index contributed by atoms with van der Waals surface area (Å²) in [5.41, 5.74) is 3.22. The Labute approximate surface area is 186 Å². The molecular weight excluding hydrogens is 418 g/mol. The molecule has 0 saturated heterocycles. The number of amides is 1. The highest BCUT2D eigenvalue weighted by Crippen LogP contribution is 2.39. The third-order valence-electron chi connectivity index (χ3n) is 6.42. The number of methoxy groups -OCH3 is 1. The second-order valence-corrected chi connectivity index (χ2v) is 8.86. The fourth-order valence-corrected chi connectivity index (χ4v) is 4.61. The number of aromatic nitrogens is 3. The van der Waals surface area contributed by atoms with Gasteiger partial charge in [-0.15, -0.1) is 0 Å². The fraction of sp³-hybridized carbons (Fsp3) is 0.591. The first kappa shape index (κ1) is 22.4. The lowest BCUT2D eigenvalue weighted by atomic mass is 10.0. The first-order valence-electron chi connectivity index (χ1n) is 10.9. The molecule has 2 aromatic rings. The van der Waals surface area contributed by atoms with Gasteiger partial charge in [0, 0.05) is 57.9 Å². The quantitative estimate of drug-likeness (QED) is 0.675. The van der Waals surface area contributed by atoms with Crippen LogP contribution in [0.4, 0.5) is 26.0 Å². The maximum absolute atomic E-state index is 13.4. The van der Waals surface area contributed by atoms with E-state index in [0.717, 1.165) is 11.3 Å². The number of hydrogen-bond donors (Lipinski definition) is 2. The zero-order valence-corrected chi connectivity index (χ0v) is 18.9. The van der Waals surface area contributed by atoms with E-state index >= 15 is 0 Å². The first-order chi connectivity index (χ1) is 15.2. The van der Waals surface area contributed by atoms with E-state index in [9.17, 15) is 13.6 Å². The van der Waals surface area contributed by atoms with Gasteiger partial charge in [-0.25, -0.2) is 13.8 Å². The summed E-state index contributed by atoms with van der Waals surface area (Å²) >= 11 is 0. The average Bonchev–Trinajstić information content (AvgIpc) is 3.32. The molecule has 3 atom stereocenters. The van der Waals surface area contributed by atoms with Gasteiger partial charge in [0.2, 0.25) is 11.8 Å². The Morgan fingerprint density at radius 1 is 1.44 bits per heavy atom. The van der Waals surface area contributed by atoms with Gasteiger partial charge in [0.15, 0.2) is 0 Å². The van der Waals surface area contributed by atoms with Crippen LogP contribution in [0.1, 0.15) is 37.4 Å². The van der Waals surface area contributed by atoms with Crippen molar-refractivity contribution >= 4 is 23.1 Å². The molecule has 4 rings (SSSR count). The predicted molar refractivity (Wildman–Crippen MR) is 118 cm³/mol. The van der Waals surface area contributed by atoms with Crippen LogP contribution in [-0.4, -0.2) is 52.9 Å². The van der Waals surface area contributed by atoms with E-state index < -0.39 is 12.0 Å². The maximum Gasteiger partial charge on any atom is 0.249 e. The molecule has 10 heteroatoms. The van der Waals surface area contributed by atoms with Gasteiger partial charge in [-0.1, -0.05) is 0 Å². The van der Waals surface area contributed by atoms with Crippen molar-refractivity contribution in [2.75, 3.05) is 29.7 Å². The van der Waals surface area contributed by atoms with Crippen molar-refractivity contribution in [2.24, 2.45) is 5.92 Å². The van der Waals surface area contributed by atoms with Gasteiger partial charge < -0.3 is 20.3 Å². The van der Waals surface area contributed by atoms with Gasteiger partial charge in [0.1, 0.15) is 11.9 Å². The summed E-state index contributed by atoms with van der Waals surface area (Å²) in [7, 11) is 3.46. The Kier molecular flexibility index (Phi) is 6.07. The second-order valence-electron chi connectivity index (χ2n) is 8.86. The van der Waals surface area contributed by atoms with Crippen molar-refractivity contribution < 1.29 is 18.3 Å². The summed E-state index contributed by atoms with van der Waals surface area (Å²) in [4.78, 5) is 19.0. The zero-order chi connectivity index (χ0) is 23.0. The summed E-state index contributed by atoms with van der Waals surface area (Å²) in [5, 5.41) is 10.6. The number of rotatable bonds is 7. The number of nitrogens with zero attached hydrogens (tertiary/aromatic N) is 4. The standard InChI is InChI=1S/C22H30F2N6O2/c1-13-19-17(29(3)20(14(2)32-4)21(31)28-19)7-18(27-13)25-9-16-10-26-30(12-16)11-15-5-6-22(23,24)8-15/h7,10,12,14-15,20H,5-6,8-9,11H2,1-4H3,(H,25,27)(H,28,31)/t14-,15-,20+/m1/s1. The maximum atomic E-state index is 13.4. The Bertz CT molecular complexity index is 995. The largest absolute Gasteiger partial charge is 0.379 e. The third-order valence-corrected chi connectivity index (χ3v) is 6.42. The lowest BCUT2D eigenvalue weighted by molar-refractivity contribution is -0.120. The Morgan fingerprint density at radius 3 is 2.91 bits per heavy atom. The lowest BCUT2D eigenvalue weighted by Gasteiger charge is -2.38. The van der Waals surface area contributed by atoms with E-state index in [-0.39, 0.29) is 30.8 Å². The highest BCUT2D eigenvalue weighted by atomic mass is 19.3. The number of carbonyl (C=O) groups excluding carboxylic acids is 1. The van der Waals surface area contributed by atoms with Crippen LogP contribution in [0.2, 0.25) is 0 Å². The molecule has 0 radical (unpaired) electrons. The molecule has 1 amide bonds. The third kappa shape index (κ3) is 4.55. The zero-order valence-electron chi connectivity index (χ0n) is 18.9. The number of anilines is 3. The molecule has 0 unspecified atom stereocenters. The van der Waals surface area contributed by atoms with Crippen LogP contribution in [0.25, 0.3) is 0 Å². The Morgan fingerprint density at radius 2 is 2.22 bits per heavy atom. The molecule has 2 aromatic heterocycles. The van der Waals surface area contributed by atoms with Gasteiger partial charge >= 0.3 is 0 Å². The monoisotopic (exact) mass is 448 g/mol. The topological polar surface area (TPSA) is 84.3 Å². The van der Waals surface area contributed by atoms with Crippen LogP contribution in [0.5, 0.6) is 0 Å². The summed E-state index contributed by atoms with van der Waals surface area (Å²) in [6, 6.07) is 1.46. The molecule has 8 nitrogen and oxygen atoms in total. The van der Waals surface area contributed by atoms with Gasteiger partial charge in [0.25, 0.3) is 0 Å². The fourth-order valence-electron chi connectivity index (χ4n) is 4.61. The molecule has 32 heavy (non-hydrogen) atoms. The number of halogens is 2. The summed E-state index contributed by atoms with van der Waals surface area (Å²) in [6.45, 7) is 4.73. The number of aryl methyl sites for hydroxylation is 1. The molecule has 1 fully saturated rings. The normalized spacial score (nSPS) is 23.1. The molecule has 174 valence electrons.